The molecule has 0 aromatic carbocycles. The molecule has 0 radical (unpaired) electrons. The zero-order valence-corrected chi connectivity index (χ0v) is 10.6. The van der Waals surface area contributed by atoms with E-state index in [-0.39, 0.29) is 6.54 Å². The molecule has 1 atom stereocenters. The first kappa shape index (κ1) is 15.4. The second-order valence-corrected chi connectivity index (χ2v) is 4.63. The van der Waals surface area contributed by atoms with E-state index in [4.69, 9.17) is 21.3 Å². The van der Waals surface area contributed by atoms with E-state index >= 15 is 0 Å². The molecule has 1 rings (SSSR count). The molecule has 0 unspecified atom stereocenters. The molecule has 1 saturated heterocycles. The second kappa shape index (κ2) is 6.48. The fraction of sp³-hybridized carbons (Fsp3) is 0.727. The number of carboxylic acid groups (broad SMARTS) is 1. The Kier molecular flexibility index (Phi) is 5.25. The Labute approximate surface area is 110 Å². The molecule has 108 valence electrons. The van der Waals surface area contributed by atoms with Gasteiger partial charge in [0.15, 0.2) is 0 Å². The molecule has 8 heteroatoms. The van der Waals surface area contributed by atoms with Crippen LogP contribution in [0.3, 0.4) is 0 Å². The zero-order chi connectivity index (χ0) is 14.5. The fourth-order valence-corrected chi connectivity index (χ4v) is 2.00. The molecule has 6 N–H and O–H groups in total. The maximum atomic E-state index is 12.2. The molecule has 1 heterocycles. The van der Waals surface area contributed by atoms with Crippen molar-refractivity contribution in [3.05, 3.63) is 0 Å². The minimum atomic E-state index is -1.32. The summed E-state index contributed by atoms with van der Waals surface area (Å²) in [7, 11) is 0. The normalized spacial score (nSPS) is 19.4. The number of amides is 2. The van der Waals surface area contributed by atoms with Crippen molar-refractivity contribution in [1.82, 2.24) is 5.32 Å². The first-order valence-electron chi connectivity index (χ1n) is 6.01. The Morgan fingerprint density at radius 1 is 1.32 bits per heavy atom. The lowest BCUT2D eigenvalue weighted by Gasteiger charge is -2.35. The van der Waals surface area contributed by atoms with Gasteiger partial charge in [-0.05, 0) is 12.8 Å². The largest absolute Gasteiger partial charge is 0.480 e. The Bertz CT molecular complexity index is 365. The number of nitrogens with two attached hydrogens (primary N) is 2. The molecule has 1 aliphatic rings. The quantitative estimate of drug-likeness (QED) is 0.448. The van der Waals surface area contributed by atoms with Gasteiger partial charge in [0.2, 0.25) is 11.8 Å². The van der Waals surface area contributed by atoms with Crippen molar-refractivity contribution in [3.8, 4) is 0 Å². The monoisotopic (exact) mass is 273 g/mol. The SMILES string of the molecule is NCC1(C(=O)N[C@H](CC(N)=O)C(=O)O)CCOCC1. The van der Waals surface area contributed by atoms with Crippen LogP contribution in [0.2, 0.25) is 0 Å². The van der Waals surface area contributed by atoms with Crippen LogP contribution in [0.5, 0.6) is 0 Å². The third-order valence-electron chi connectivity index (χ3n) is 3.33. The van der Waals surface area contributed by atoms with Gasteiger partial charge in [-0.15, -0.1) is 0 Å². The van der Waals surface area contributed by atoms with Crippen LogP contribution >= 0.6 is 0 Å². The van der Waals surface area contributed by atoms with Crippen LogP contribution in [-0.2, 0) is 19.1 Å². The van der Waals surface area contributed by atoms with Gasteiger partial charge in [0.05, 0.1) is 11.8 Å². The Balaban J connectivity index is 2.74. The van der Waals surface area contributed by atoms with Crippen molar-refractivity contribution in [1.29, 1.82) is 0 Å². The van der Waals surface area contributed by atoms with Gasteiger partial charge in [0.25, 0.3) is 0 Å². The number of carbonyl (C=O) groups excluding carboxylic acids is 2. The predicted molar refractivity (Wildman–Crippen MR) is 64.9 cm³/mol. The first-order chi connectivity index (χ1) is 8.91. The summed E-state index contributed by atoms with van der Waals surface area (Å²) in [5, 5.41) is 11.3. The van der Waals surface area contributed by atoms with E-state index in [1.807, 2.05) is 0 Å². The third-order valence-corrected chi connectivity index (χ3v) is 3.33. The maximum absolute atomic E-state index is 12.2. The number of hydrogen-bond donors (Lipinski definition) is 4. The van der Waals surface area contributed by atoms with Crippen molar-refractivity contribution in [2.45, 2.75) is 25.3 Å². The minimum absolute atomic E-state index is 0.102. The lowest BCUT2D eigenvalue weighted by Crippen LogP contribution is -2.54. The van der Waals surface area contributed by atoms with Crippen molar-refractivity contribution >= 4 is 17.8 Å². The van der Waals surface area contributed by atoms with Crippen molar-refractivity contribution < 1.29 is 24.2 Å². The summed E-state index contributed by atoms with van der Waals surface area (Å²) >= 11 is 0. The van der Waals surface area contributed by atoms with E-state index in [0.29, 0.717) is 26.1 Å². The highest BCUT2D eigenvalue weighted by molar-refractivity contribution is 5.90. The summed E-state index contributed by atoms with van der Waals surface area (Å²) in [4.78, 5) is 33.9. The van der Waals surface area contributed by atoms with Gasteiger partial charge in [-0.1, -0.05) is 0 Å². The van der Waals surface area contributed by atoms with E-state index in [0.717, 1.165) is 0 Å². The summed E-state index contributed by atoms with van der Waals surface area (Å²) in [5.41, 5.74) is 9.76. The molecule has 0 spiro atoms. The van der Waals surface area contributed by atoms with E-state index in [9.17, 15) is 14.4 Å². The highest BCUT2D eigenvalue weighted by Gasteiger charge is 2.40. The van der Waals surface area contributed by atoms with Crippen LogP contribution in [0.4, 0.5) is 0 Å². The van der Waals surface area contributed by atoms with Crippen LogP contribution in [0.1, 0.15) is 19.3 Å². The molecule has 0 saturated carbocycles. The third kappa shape index (κ3) is 3.90. The van der Waals surface area contributed by atoms with E-state index in [1.165, 1.54) is 0 Å². The molecule has 0 aromatic rings. The lowest BCUT2D eigenvalue weighted by molar-refractivity contribution is -0.146. The van der Waals surface area contributed by atoms with Gasteiger partial charge >= 0.3 is 5.97 Å². The molecule has 0 aromatic heterocycles. The zero-order valence-electron chi connectivity index (χ0n) is 10.6. The number of aliphatic carboxylic acids is 1. The van der Waals surface area contributed by atoms with E-state index in [1.54, 1.807) is 0 Å². The van der Waals surface area contributed by atoms with Gasteiger partial charge in [0, 0.05) is 19.8 Å². The minimum Gasteiger partial charge on any atom is -0.480 e. The number of rotatable bonds is 6. The number of nitrogens with one attached hydrogen (secondary N) is 1. The van der Waals surface area contributed by atoms with Crippen LogP contribution in [0, 0.1) is 5.41 Å². The van der Waals surface area contributed by atoms with Gasteiger partial charge < -0.3 is 26.6 Å². The number of carbonyl (C=O) groups is 3. The lowest BCUT2D eigenvalue weighted by atomic mass is 9.79. The first-order valence-corrected chi connectivity index (χ1v) is 6.01. The number of hydrogen-bond acceptors (Lipinski definition) is 5. The van der Waals surface area contributed by atoms with Gasteiger partial charge in [-0.25, -0.2) is 4.79 Å². The topological polar surface area (TPSA) is 145 Å². The summed E-state index contributed by atoms with van der Waals surface area (Å²) in [6.07, 6.45) is 0.411. The number of ether oxygens (including phenoxy) is 1. The van der Waals surface area contributed by atoms with Gasteiger partial charge in [-0.3, -0.25) is 9.59 Å². The van der Waals surface area contributed by atoms with E-state index in [2.05, 4.69) is 5.32 Å². The maximum Gasteiger partial charge on any atom is 0.326 e. The highest BCUT2D eigenvalue weighted by atomic mass is 16.5. The van der Waals surface area contributed by atoms with Crippen LogP contribution in [-0.4, -0.2) is 48.7 Å². The molecule has 0 aliphatic carbocycles. The van der Waals surface area contributed by atoms with E-state index < -0.39 is 35.7 Å². The Morgan fingerprint density at radius 2 is 1.89 bits per heavy atom. The molecule has 19 heavy (non-hydrogen) atoms. The smallest absolute Gasteiger partial charge is 0.326 e. The fourth-order valence-electron chi connectivity index (χ4n) is 2.00. The second-order valence-electron chi connectivity index (χ2n) is 4.63. The molecule has 8 nitrogen and oxygen atoms in total. The Hall–Kier alpha value is -1.67. The summed E-state index contributed by atoms with van der Waals surface area (Å²) < 4.78 is 5.17. The van der Waals surface area contributed by atoms with Crippen molar-refractivity contribution in [2.75, 3.05) is 19.8 Å². The van der Waals surface area contributed by atoms with Gasteiger partial charge in [-0.2, -0.15) is 0 Å². The molecular weight excluding hydrogens is 254 g/mol. The van der Waals surface area contributed by atoms with Gasteiger partial charge in [0.1, 0.15) is 6.04 Å². The standard InChI is InChI=1S/C11H19N3O5/c12-6-11(1-3-19-4-2-11)10(18)14-7(9(16)17)5-8(13)15/h7H,1-6,12H2,(H2,13,15)(H,14,18)(H,16,17)/t7-/m1/s1. The highest BCUT2D eigenvalue weighted by Crippen LogP contribution is 2.29. The van der Waals surface area contributed by atoms with Crippen LogP contribution in [0.25, 0.3) is 0 Å². The molecule has 2 amide bonds. The van der Waals surface area contributed by atoms with Crippen molar-refractivity contribution in [3.63, 3.8) is 0 Å². The number of primary amides is 1. The predicted octanol–water partition coefficient (Wildman–Crippen LogP) is -1.81. The van der Waals surface area contributed by atoms with Crippen molar-refractivity contribution in [2.24, 2.45) is 16.9 Å². The molecule has 1 fully saturated rings. The average molecular weight is 273 g/mol. The molecule has 0 bridgehead atoms. The molecule has 1 aliphatic heterocycles. The summed E-state index contributed by atoms with van der Waals surface area (Å²) in [6, 6.07) is -1.32. The average Bonchev–Trinajstić information content (AvgIpc) is 2.38. The van der Waals surface area contributed by atoms with Crippen LogP contribution < -0.4 is 16.8 Å². The number of carboxylic acids is 1. The molecular formula is C11H19N3O5. The summed E-state index contributed by atoms with van der Waals surface area (Å²) in [5.74, 6) is -2.56. The van der Waals surface area contributed by atoms with Crippen LogP contribution in [0.15, 0.2) is 0 Å². The summed E-state index contributed by atoms with van der Waals surface area (Å²) in [6.45, 7) is 0.904. The Morgan fingerprint density at radius 3 is 2.32 bits per heavy atom.